The first-order chi connectivity index (χ1) is 11.7. The highest BCUT2D eigenvalue weighted by Crippen LogP contribution is 2.59. The highest BCUT2D eigenvalue weighted by Gasteiger charge is 2.28. The standard InChI is InChI=1S/C23H29P/c1-5-17(3)24(18(4)6-2)21-15-20-13-10-14-22(23(20)16-21)19-11-8-7-9-12-19/h7-14,16-18H,5-6,15H2,1-4H3. The zero-order chi connectivity index (χ0) is 17.1. The zero-order valence-corrected chi connectivity index (χ0v) is 16.3. The van der Waals surface area contributed by atoms with E-state index in [1.165, 1.54) is 35.1 Å². The van der Waals surface area contributed by atoms with Gasteiger partial charge in [0, 0.05) is 0 Å². The van der Waals surface area contributed by atoms with Crippen LogP contribution in [-0.2, 0) is 6.42 Å². The van der Waals surface area contributed by atoms with Crippen molar-refractivity contribution in [2.75, 3.05) is 0 Å². The van der Waals surface area contributed by atoms with Crippen LogP contribution >= 0.6 is 7.92 Å². The molecule has 0 spiro atoms. The van der Waals surface area contributed by atoms with E-state index in [0.717, 1.165) is 17.7 Å². The molecule has 126 valence electrons. The molecule has 0 aromatic heterocycles. The fourth-order valence-corrected chi connectivity index (χ4v) is 7.20. The summed E-state index contributed by atoms with van der Waals surface area (Å²) in [5.41, 5.74) is 7.35. The highest BCUT2D eigenvalue weighted by molar-refractivity contribution is 7.63. The maximum atomic E-state index is 2.54. The Labute approximate surface area is 148 Å². The zero-order valence-electron chi connectivity index (χ0n) is 15.4. The summed E-state index contributed by atoms with van der Waals surface area (Å²) in [5, 5.41) is 1.71. The van der Waals surface area contributed by atoms with Gasteiger partial charge in [0.25, 0.3) is 0 Å². The molecule has 2 aromatic rings. The lowest BCUT2D eigenvalue weighted by Gasteiger charge is -2.30. The summed E-state index contributed by atoms with van der Waals surface area (Å²) in [7, 11) is -0.0509. The van der Waals surface area contributed by atoms with Gasteiger partial charge >= 0.3 is 0 Å². The molecule has 2 unspecified atom stereocenters. The molecule has 1 aliphatic rings. The van der Waals surface area contributed by atoms with Gasteiger partial charge in [-0.25, -0.2) is 0 Å². The average Bonchev–Trinajstić information content (AvgIpc) is 3.05. The van der Waals surface area contributed by atoms with Crippen LogP contribution in [0.4, 0.5) is 0 Å². The monoisotopic (exact) mass is 336 g/mol. The van der Waals surface area contributed by atoms with Gasteiger partial charge in [-0.05, 0) is 58.1 Å². The first-order valence-corrected chi connectivity index (χ1v) is 10.8. The molecule has 24 heavy (non-hydrogen) atoms. The van der Waals surface area contributed by atoms with E-state index < -0.39 is 0 Å². The van der Waals surface area contributed by atoms with Gasteiger partial charge in [-0.1, -0.05) is 90.2 Å². The summed E-state index contributed by atoms with van der Waals surface area (Å²) in [6.07, 6.45) is 6.28. The Morgan fingerprint density at radius 2 is 1.54 bits per heavy atom. The Morgan fingerprint density at radius 3 is 2.17 bits per heavy atom. The maximum Gasteiger partial charge on any atom is -0.00147 e. The first kappa shape index (κ1) is 17.4. The average molecular weight is 336 g/mol. The quantitative estimate of drug-likeness (QED) is 0.484. The van der Waals surface area contributed by atoms with E-state index in [1.807, 2.05) is 0 Å². The largest absolute Gasteiger partial charge is 0.0736 e. The van der Waals surface area contributed by atoms with Crippen molar-refractivity contribution in [1.82, 2.24) is 0 Å². The van der Waals surface area contributed by atoms with Gasteiger partial charge in [-0.15, -0.1) is 0 Å². The second-order valence-corrected chi connectivity index (χ2v) is 10.1. The molecule has 0 amide bonds. The Balaban J connectivity index is 2.01. The number of benzene rings is 2. The smallest absolute Gasteiger partial charge is 0.00147 e. The summed E-state index contributed by atoms with van der Waals surface area (Å²) in [5.74, 6) is 0. The third-order valence-corrected chi connectivity index (χ3v) is 9.01. The topological polar surface area (TPSA) is 0 Å². The van der Waals surface area contributed by atoms with E-state index in [2.05, 4.69) is 82.3 Å². The number of fused-ring (bicyclic) bond motifs is 1. The van der Waals surface area contributed by atoms with Gasteiger partial charge in [0.15, 0.2) is 0 Å². The van der Waals surface area contributed by atoms with E-state index in [4.69, 9.17) is 0 Å². The van der Waals surface area contributed by atoms with E-state index in [0.29, 0.717) is 0 Å². The van der Waals surface area contributed by atoms with Crippen molar-refractivity contribution in [3.63, 3.8) is 0 Å². The van der Waals surface area contributed by atoms with Crippen LogP contribution < -0.4 is 0 Å². The second kappa shape index (κ2) is 7.66. The van der Waals surface area contributed by atoms with Crippen molar-refractivity contribution in [2.45, 2.75) is 58.3 Å². The summed E-state index contributed by atoms with van der Waals surface area (Å²) >= 11 is 0. The van der Waals surface area contributed by atoms with Crippen molar-refractivity contribution in [1.29, 1.82) is 0 Å². The lowest BCUT2D eigenvalue weighted by atomic mass is 9.97. The number of hydrogen-bond donors (Lipinski definition) is 0. The minimum Gasteiger partial charge on any atom is -0.0736 e. The van der Waals surface area contributed by atoms with Gasteiger partial charge in [0.05, 0.1) is 0 Å². The minimum absolute atomic E-state index is 0.0509. The van der Waals surface area contributed by atoms with Crippen LogP contribution in [0.15, 0.2) is 53.8 Å². The first-order valence-electron chi connectivity index (χ1n) is 9.31. The van der Waals surface area contributed by atoms with Crippen molar-refractivity contribution >= 4 is 14.0 Å². The molecule has 0 radical (unpaired) electrons. The van der Waals surface area contributed by atoms with Gasteiger partial charge < -0.3 is 0 Å². The van der Waals surface area contributed by atoms with Crippen molar-refractivity contribution in [2.24, 2.45) is 0 Å². The molecular formula is C23H29P. The van der Waals surface area contributed by atoms with Crippen LogP contribution in [0.25, 0.3) is 17.2 Å². The SMILES string of the molecule is CCC(C)P(C1=Cc2c(cccc2-c2ccccc2)C1)C(C)CC. The van der Waals surface area contributed by atoms with Crippen LogP contribution in [0.2, 0.25) is 0 Å². The Morgan fingerprint density at radius 1 is 0.875 bits per heavy atom. The summed E-state index contributed by atoms with van der Waals surface area (Å²) in [4.78, 5) is 0. The highest BCUT2D eigenvalue weighted by atomic mass is 31.1. The Kier molecular flexibility index (Phi) is 5.57. The van der Waals surface area contributed by atoms with Crippen molar-refractivity contribution < 1.29 is 0 Å². The molecule has 0 fully saturated rings. The van der Waals surface area contributed by atoms with Crippen LogP contribution in [0.5, 0.6) is 0 Å². The van der Waals surface area contributed by atoms with Crippen molar-refractivity contribution in [3.8, 4) is 11.1 Å². The molecule has 2 aromatic carbocycles. The number of rotatable bonds is 6. The lowest BCUT2D eigenvalue weighted by molar-refractivity contribution is 0.835. The van der Waals surface area contributed by atoms with Gasteiger partial charge in [0.2, 0.25) is 0 Å². The van der Waals surface area contributed by atoms with E-state index in [-0.39, 0.29) is 7.92 Å². The summed E-state index contributed by atoms with van der Waals surface area (Å²) in [6.45, 7) is 9.61. The Hall–Kier alpha value is -1.39. The summed E-state index contributed by atoms with van der Waals surface area (Å²) in [6, 6.07) is 17.7. The lowest BCUT2D eigenvalue weighted by Crippen LogP contribution is -2.10. The van der Waals surface area contributed by atoms with Gasteiger partial charge in [0.1, 0.15) is 0 Å². The van der Waals surface area contributed by atoms with Crippen LogP contribution in [0.3, 0.4) is 0 Å². The molecule has 0 nitrogen and oxygen atoms in total. The summed E-state index contributed by atoms with van der Waals surface area (Å²) < 4.78 is 0. The molecule has 0 saturated heterocycles. The second-order valence-electron chi connectivity index (χ2n) is 6.98. The Bertz CT molecular complexity index is 704. The predicted octanol–water partition coefficient (Wildman–Crippen LogP) is 7.33. The predicted molar refractivity (Wildman–Crippen MR) is 110 cm³/mol. The normalized spacial score (nSPS) is 17.1. The molecule has 2 atom stereocenters. The van der Waals surface area contributed by atoms with Gasteiger partial charge in [-0.3, -0.25) is 0 Å². The van der Waals surface area contributed by atoms with Crippen LogP contribution in [0.1, 0.15) is 51.7 Å². The van der Waals surface area contributed by atoms with E-state index in [9.17, 15) is 0 Å². The molecule has 0 N–H and O–H groups in total. The fourth-order valence-electron chi connectivity index (χ4n) is 3.78. The third-order valence-electron chi connectivity index (χ3n) is 5.43. The third kappa shape index (κ3) is 3.35. The molecule has 1 aliphatic carbocycles. The van der Waals surface area contributed by atoms with Gasteiger partial charge in [-0.2, -0.15) is 0 Å². The minimum atomic E-state index is -0.0509. The number of hydrogen-bond acceptors (Lipinski definition) is 0. The molecule has 0 heterocycles. The van der Waals surface area contributed by atoms with E-state index in [1.54, 1.807) is 5.31 Å². The molecule has 0 saturated carbocycles. The van der Waals surface area contributed by atoms with E-state index >= 15 is 0 Å². The van der Waals surface area contributed by atoms with Crippen LogP contribution in [0, 0.1) is 0 Å². The number of allylic oxidation sites excluding steroid dienone is 1. The molecular weight excluding hydrogens is 307 g/mol. The molecule has 0 bridgehead atoms. The fraction of sp³-hybridized carbons (Fsp3) is 0.391. The maximum absolute atomic E-state index is 2.54. The molecule has 1 heteroatoms. The van der Waals surface area contributed by atoms with Crippen molar-refractivity contribution in [3.05, 3.63) is 65.0 Å². The molecule has 0 aliphatic heterocycles. The molecule has 3 rings (SSSR count). The van der Waals surface area contributed by atoms with Crippen LogP contribution in [-0.4, -0.2) is 11.3 Å².